The van der Waals surface area contributed by atoms with E-state index in [1.165, 1.54) is 6.26 Å². The Balaban J connectivity index is 2.54. The van der Waals surface area contributed by atoms with Gasteiger partial charge in [-0.15, -0.1) is 0 Å². The largest absolute Gasteiger partial charge is 0.500 e. The minimum absolute atomic E-state index is 0.0350. The Labute approximate surface area is 140 Å². The Morgan fingerprint density at radius 1 is 1.04 bits per heavy atom. The molecule has 0 bridgehead atoms. The third kappa shape index (κ3) is 7.00. The van der Waals surface area contributed by atoms with E-state index >= 15 is 0 Å². The lowest BCUT2D eigenvalue weighted by Gasteiger charge is -2.27. The minimum Gasteiger partial charge on any atom is -0.493 e. The van der Waals surface area contributed by atoms with Gasteiger partial charge in [-0.3, -0.25) is 0 Å². The summed E-state index contributed by atoms with van der Waals surface area (Å²) >= 11 is 0. The van der Waals surface area contributed by atoms with Crippen LogP contribution >= 0.6 is 0 Å². The minimum atomic E-state index is -3.02. The molecule has 0 heterocycles. The molecule has 1 aromatic rings. The van der Waals surface area contributed by atoms with Crippen LogP contribution in [0.15, 0.2) is 24.3 Å². The Morgan fingerprint density at radius 2 is 1.57 bits per heavy atom. The van der Waals surface area contributed by atoms with Crippen molar-refractivity contribution in [3.63, 3.8) is 0 Å². The van der Waals surface area contributed by atoms with Crippen molar-refractivity contribution in [2.75, 3.05) is 34.2 Å². The fraction of sp³-hybridized carbons (Fsp3) is 0.600. The van der Waals surface area contributed by atoms with Crippen LogP contribution in [0.5, 0.6) is 5.75 Å². The van der Waals surface area contributed by atoms with Crippen LogP contribution in [-0.2, 0) is 28.9 Å². The lowest BCUT2D eigenvalue weighted by Crippen LogP contribution is -2.44. The Morgan fingerprint density at radius 3 is 2.00 bits per heavy atom. The van der Waals surface area contributed by atoms with Crippen LogP contribution in [0.4, 0.5) is 0 Å². The summed E-state index contributed by atoms with van der Waals surface area (Å²) < 4.78 is 44.5. The van der Waals surface area contributed by atoms with Crippen molar-refractivity contribution in [2.45, 2.75) is 18.7 Å². The molecule has 1 atom stereocenters. The smallest absolute Gasteiger partial charge is 0.493 e. The molecular formula is C15H26O6SSi. The Hall–Kier alpha value is -0.933. The molecule has 0 aromatic heterocycles. The summed E-state index contributed by atoms with van der Waals surface area (Å²) in [5, 5.41) is 0. The summed E-state index contributed by atoms with van der Waals surface area (Å²) in [6.45, 7) is 2.53. The molecule has 0 aliphatic rings. The normalized spacial score (nSPS) is 13.8. The third-order valence-electron chi connectivity index (χ3n) is 3.42. The molecule has 0 fully saturated rings. The molecule has 1 aromatic carbocycles. The van der Waals surface area contributed by atoms with Crippen LogP contribution in [0, 0.1) is 5.92 Å². The molecule has 8 heteroatoms. The first-order valence-corrected chi connectivity index (χ1v) is 11.3. The summed E-state index contributed by atoms with van der Waals surface area (Å²) in [6.07, 6.45) is 1.22. The van der Waals surface area contributed by atoms with Gasteiger partial charge in [0, 0.05) is 33.6 Å². The van der Waals surface area contributed by atoms with E-state index < -0.39 is 18.6 Å². The first kappa shape index (κ1) is 20.1. The van der Waals surface area contributed by atoms with Gasteiger partial charge in [-0.2, -0.15) is 0 Å². The van der Waals surface area contributed by atoms with Crippen molar-refractivity contribution in [1.29, 1.82) is 0 Å². The number of rotatable bonds is 10. The van der Waals surface area contributed by atoms with Crippen LogP contribution in [0.2, 0.25) is 6.04 Å². The molecule has 0 aliphatic heterocycles. The van der Waals surface area contributed by atoms with Gasteiger partial charge in [0.1, 0.15) is 5.75 Å². The predicted octanol–water partition coefficient (Wildman–Crippen LogP) is 2.12. The Kier molecular flexibility index (Phi) is 7.69. The van der Waals surface area contributed by atoms with Crippen molar-refractivity contribution in [3.8, 4) is 5.75 Å². The van der Waals surface area contributed by atoms with Crippen molar-refractivity contribution in [2.24, 2.45) is 5.92 Å². The number of ether oxygens (including phenoxy) is 1. The maximum Gasteiger partial charge on any atom is 0.500 e. The summed E-state index contributed by atoms with van der Waals surface area (Å²) in [6, 6.07) is 7.74. The van der Waals surface area contributed by atoms with Crippen molar-refractivity contribution < 1.29 is 26.4 Å². The topological polar surface area (TPSA) is 71.1 Å². The van der Waals surface area contributed by atoms with E-state index in [9.17, 15) is 8.42 Å². The average Bonchev–Trinajstić information content (AvgIpc) is 2.50. The molecule has 132 valence electrons. The molecule has 23 heavy (non-hydrogen) atoms. The molecule has 0 spiro atoms. The second kappa shape index (κ2) is 8.79. The highest BCUT2D eigenvalue weighted by Gasteiger charge is 2.39. The number of benzene rings is 1. The van der Waals surface area contributed by atoms with Gasteiger partial charge in [0.05, 0.1) is 12.4 Å². The molecule has 1 rings (SSSR count). The van der Waals surface area contributed by atoms with Crippen LogP contribution in [0.1, 0.15) is 12.5 Å². The second-order valence-corrected chi connectivity index (χ2v) is 10.8. The van der Waals surface area contributed by atoms with Gasteiger partial charge in [0.2, 0.25) is 0 Å². The second-order valence-electron chi connectivity index (χ2n) is 5.63. The monoisotopic (exact) mass is 362 g/mol. The van der Waals surface area contributed by atoms with E-state index in [2.05, 4.69) is 0 Å². The van der Waals surface area contributed by atoms with Gasteiger partial charge in [-0.05, 0) is 23.6 Å². The molecule has 0 N–H and O–H groups in total. The molecule has 0 radical (unpaired) electrons. The molecule has 6 nitrogen and oxygen atoms in total. The van der Waals surface area contributed by atoms with Crippen LogP contribution in [0.3, 0.4) is 0 Å². The summed E-state index contributed by atoms with van der Waals surface area (Å²) in [5.74, 6) is 0.929. The summed E-state index contributed by atoms with van der Waals surface area (Å²) in [5.41, 5.74) is 0.748. The summed E-state index contributed by atoms with van der Waals surface area (Å²) in [7, 11) is -0.852. The molecule has 0 aliphatic carbocycles. The van der Waals surface area contributed by atoms with E-state index in [0.29, 0.717) is 18.4 Å². The van der Waals surface area contributed by atoms with Gasteiger partial charge >= 0.3 is 8.80 Å². The zero-order chi connectivity index (χ0) is 17.5. The van der Waals surface area contributed by atoms with Gasteiger partial charge in [0.25, 0.3) is 0 Å². The van der Waals surface area contributed by atoms with Crippen molar-refractivity contribution in [3.05, 3.63) is 29.8 Å². The van der Waals surface area contributed by atoms with E-state index in [-0.39, 0.29) is 11.7 Å². The van der Waals surface area contributed by atoms with Gasteiger partial charge in [0.15, 0.2) is 9.84 Å². The average molecular weight is 363 g/mol. The zero-order valence-corrected chi connectivity index (χ0v) is 16.2. The predicted molar refractivity (Wildman–Crippen MR) is 91.2 cm³/mol. The highest BCUT2D eigenvalue weighted by atomic mass is 32.2. The molecule has 0 saturated carbocycles. The number of hydrogen-bond acceptors (Lipinski definition) is 6. The third-order valence-corrected chi connectivity index (χ3v) is 7.34. The van der Waals surface area contributed by atoms with E-state index in [0.717, 1.165) is 5.56 Å². The van der Waals surface area contributed by atoms with Crippen LogP contribution < -0.4 is 4.74 Å². The summed E-state index contributed by atoms with van der Waals surface area (Å²) in [4.78, 5) is 0. The first-order chi connectivity index (χ1) is 10.7. The highest BCUT2D eigenvalue weighted by Crippen LogP contribution is 2.21. The molecular weight excluding hydrogens is 336 g/mol. The number of hydrogen-bond donors (Lipinski definition) is 0. The molecule has 1 unspecified atom stereocenters. The molecule has 0 amide bonds. The van der Waals surface area contributed by atoms with E-state index in [1.807, 2.05) is 6.92 Å². The lowest BCUT2D eigenvalue weighted by atomic mass is 10.2. The van der Waals surface area contributed by atoms with Crippen molar-refractivity contribution >= 4 is 18.6 Å². The van der Waals surface area contributed by atoms with Gasteiger partial charge in [-0.25, -0.2) is 8.42 Å². The molecule has 0 saturated heterocycles. The van der Waals surface area contributed by atoms with E-state index in [4.69, 9.17) is 18.0 Å². The first-order valence-electron chi connectivity index (χ1n) is 7.28. The van der Waals surface area contributed by atoms with Gasteiger partial charge < -0.3 is 18.0 Å². The number of sulfone groups is 1. The fourth-order valence-electron chi connectivity index (χ4n) is 2.21. The maximum absolute atomic E-state index is 11.3. The van der Waals surface area contributed by atoms with Crippen LogP contribution in [-0.4, -0.2) is 51.4 Å². The lowest BCUT2D eigenvalue weighted by molar-refractivity contribution is 0.114. The quantitative estimate of drug-likeness (QED) is 0.594. The zero-order valence-electron chi connectivity index (χ0n) is 14.4. The standard InChI is InChI=1S/C15H26O6SSi/c1-13(12-23(18-2,19-3)20-4)10-21-15-8-6-14(7-9-15)11-22(5,16)17/h6-9,13H,10-12H2,1-5H3. The van der Waals surface area contributed by atoms with Crippen LogP contribution in [0.25, 0.3) is 0 Å². The highest BCUT2D eigenvalue weighted by molar-refractivity contribution is 7.89. The fourth-order valence-corrected chi connectivity index (χ4v) is 4.98. The van der Waals surface area contributed by atoms with Crippen molar-refractivity contribution in [1.82, 2.24) is 0 Å². The maximum atomic E-state index is 11.3. The Bertz CT molecular complexity index is 560. The van der Waals surface area contributed by atoms with E-state index in [1.54, 1.807) is 45.6 Å². The SMILES string of the molecule is CO[Si](CC(C)COc1ccc(CS(C)(=O)=O)cc1)(OC)OC. The van der Waals surface area contributed by atoms with Gasteiger partial charge in [-0.1, -0.05) is 19.1 Å².